The molecule has 0 amide bonds. The van der Waals surface area contributed by atoms with Crippen LogP contribution in [0.5, 0.6) is 11.5 Å². The van der Waals surface area contributed by atoms with Crippen LogP contribution in [0.2, 0.25) is 0 Å². The molecule has 0 N–H and O–H groups in total. The van der Waals surface area contributed by atoms with Gasteiger partial charge < -0.3 is 18.9 Å². The standard InChI is InChI=1S/C20H22O6/c1-3-23-17-11-7-5-9-15(17)13-25-19(21)20(22)26-14-16-10-6-8-12-18(16)24-4-2/h5-12H,3-4,13-14H2,1-2H3. The van der Waals surface area contributed by atoms with Crippen molar-refractivity contribution < 1.29 is 28.5 Å². The maximum absolute atomic E-state index is 11.8. The first-order valence-electron chi connectivity index (χ1n) is 8.41. The largest absolute Gasteiger partial charge is 0.493 e. The summed E-state index contributed by atoms with van der Waals surface area (Å²) < 4.78 is 20.9. The molecule has 0 aliphatic rings. The van der Waals surface area contributed by atoms with Gasteiger partial charge in [-0.2, -0.15) is 0 Å². The van der Waals surface area contributed by atoms with Gasteiger partial charge in [0, 0.05) is 11.1 Å². The number of para-hydroxylation sites is 2. The molecule has 0 saturated heterocycles. The summed E-state index contributed by atoms with van der Waals surface area (Å²) in [5.41, 5.74) is 1.36. The number of hydrogen-bond acceptors (Lipinski definition) is 6. The van der Waals surface area contributed by atoms with Gasteiger partial charge in [0.1, 0.15) is 24.7 Å². The van der Waals surface area contributed by atoms with E-state index in [1.54, 1.807) is 36.4 Å². The second kappa shape index (κ2) is 10.1. The number of benzene rings is 2. The lowest BCUT2D eigenvalue weighted by atomic mass is 10.2. The number of hydrogen-bond donors (Lipinski definition) is 0. The Bertz CT molecular complexity index is 677. The van der Waals surface area contributed by atoms with Crippen molar-refractivity contribution >= 4 is 11.9 Å². The van der Waals surface area contributed by atoms with E-state index in [0.29, 0.717) is 35.8 Å². The van der Waals surface area contributed by atoms with Gasteiger partial charge in [-0.3, -0.25) is 0 Å². The Hall–Kier alpha value is -3.02. The van der Waals surface area contributed by atoms with E-state index < -0.39 is 11.9 Å². The van der Waals surface area contributed by atoms with Crippen LogP contribution in [0.4, 0.5) is 0 Å². The van der Waals surface area contributed by atoms with Crippen LogP contribution in [0.25, 0.3) is 0 Å². The molecule has 0 spiro atoms. The third-order valence-corrected chi connectivity index (χ3v) is 3.43. The summed E-state index contributed by atoms with van der Waals surface area (Å²) in [5, 5.41) is 0. The van der Waals surface area contributed by atoms with Crippen molar-refractivity contribution in [2.24, 2.45) is 0 Å². The molecule has 0 unspecified atom stereocenters. The van der Waals surface area contributed by atoms with E-state index in [-0.39, 0.29) is 13.2 Å². The molecule has 0 heterocycles. The van der Waals surface area contributed by atoms with Gasteiger partial charge in [-0.05, 0) is 26.0 Å². The fourth-order valence-electron chi connectivity index (χ4n) is 2.24. The van der Waals surface area contributed by atoms with Crippen molar-refractivity contribution in [3.05, 3.63) is 59.7 Å². The van der Waals surface area contributed by atoms with Crippen molar-refractivity contribution in [3.63, 3.8) is 0 Å². The van der Waals surface area contributed by atoms with Crippen molar-refractivity contribution in [2.45, 2.75) is 27.1 Å². The molecule has 0 aromatic heterocycles. The van der Waals surface area contributed by atoms with E-state index in [9.17, 15) is 9.59 Å². The zero-order valence-corrected chi connectivity index (χ0v) is 14.9. The molecule has 0 fully saturated rings. The highest BCUT2D eigenvalue weighted by Gasteiger charge is 2.19. The third-order valence-electron chi connectivity index (χ3n) is 3.43. The molecular formula is C20H22O6. The molecule has 0 bridgehead atoms. The molecular weight excluding hydrogens is 336 g/mol. The van der Waals surface area contributed by atoms with E-state index >= 15 is 0 Å². The smallest absolute Gasteiger partial charge is 0.417 e. The monoisotopic (exact) mass is 358 g/mol. The van der Waals surface area contributed by atoms with Crippen LogP contribution in [-0.4, -0.2) is 25.2 Å². The summed E-state index contributed by atoms with van der Waals surface area (Å²) in [6.07, 6.45) is 0. The molecule has 6 heteroatoms. The average molecular weight is 358 g/mol. The molecule has 26 heavy (non-hydrogen) atoms. The summed E-state index contributed by atoms with van der Waals surface area (Å²) in [4.78, 5) is 23.7. The second-order valence-corrected chi connectivity index (χ2v) is 5.23. The van der Waals surface area contributed by atoms with E-state index in [2.05, 4.69) is 0 Å². The second-order valence-electron chi connectivity index (χ2n) is 5.23. The highest BCUT2D eigenvalue weighted by molar-refractivity contribution is 6.29. The van der Waals surface area contributed by atoms with Crippen molar-refractivity contribution in [2.75, 3.05) is 13.2 Å². The maximum Gasteiger partial charge on any atom is 0.417 e. The predicted molar refractivity (Wildman–Crippen MR) is 94.8 cm³/mol. The van der Waals surface area contributed by atoms with Crippen LogP contribution in [0, 0.1) is 0 Å². The molecule has 0 saturated carbocycles. The van der Waals surface area contributed by atoms with Crippen LogP contribution in [-0.2, 0) is 32.3 Å². The third kappa shape index (κ3) is 5.51. The zero-order chi connectivity index (χ0) is 18.8. The minimum Gasteiger partial charge on any atom is -0.493 e. The normalized spacial score (nSPS) is 10.1. The Labute approximate surface area is 152 Å². The summed E-state index contributed by atoms with van der Waals surface area (Å²) >= 11 is 0. The van der Waals surface area contributed by atoms with Gasteiger partial charge in [0.25, 0.3) is 0 Å². The summed E-state index contributed by atoms with van der Waals surface area (Å²) in [6, 6.07) is 14.3. The minimum absolute atomic E-state index is 0.0698. The lowest BCUT2D eigenvalue weighted by Crippen LogP contribution is -2.20. The average Bonchev–Trinajstić information content (AvgIpc) is 2.66. The fraction of sp³-hybridized carbons (Fsp3) is 0.300. The predicted octanol–water partition coefficient (Wildman–Crippen LogP) is 3.27. The van der Waals surface area contributed by atoms with Gasteiger partial charge >= 0.3 is 11.9 Å². The SMILES string of the molecule is CCOc1ccccc1COC(=O)C(=O)OCc1ccccc1OCC. The van der Waals surface area contributed by atoms with Gasteiger partial charge in [-0.1, -0.05) is 36.4 Å². The first-order chi connectivity index (χ1) is 12.7. The zero-order valence-electron chi connectivity index (χ0n) is 14.9. The summed E-state index contributed by atoms with van der Waals surface area (Å²) in [6.45, 7) is 4.57. The van der Waals surface area contributed by atoms with Gasteiger partial charge in [-0.15, -0.1) is 0 Å². The van der Waals surface area contributed by atoms with Crippen LogP contribution in [0.1, 0.15) is 25.0 Å². The lowest BCUT2D eigenvalue weighted by molar-refractivity contribution is -0.169. The maximum atomic E-state index is 11.8. The number of carbonyl (C=O) groups excluding carboxylic acids is 2. The lowest BCUT2D eigenvalue weighted by Gasteiger charge is -2.11. The number of carbonyl (C=O) groups is 2. The Morgan fingerprint density at radius 1 is 0.692 bits per heavy atom. The summed E-state index contributed by atoms with van der Waals surface area (Å²) in [7, 11) is 0. The molecule has 2 aromatic rings. The van der Waals surface area contributed by atoms with Gasteiger partial charge in [0.05, 0.1) is 13.2 Å². The van der Waals surface area contributed by atoms with Crippen molar-refractivity contribution in [1.82, 2.24) is 0 Å². The summed E-state index contributed by atoms with van der Waals surface area (Å²) in [5.74, 6) is -0.876. The first-order valence-corrected chi connectivity index (χ1v) is 8.41. The molecule has 2 aromatic carbocycles. The molecule has 138 valence electrons. The fourth-order valence-corrected chi connectivity index (χ4v) is 2.24. The van der Waals surface area contributed by atoms with E-state index in [1.165, 1.54) is 0 Å². The number of rotatable bonds is 8. The number of ether oxygens (including phenoxy) is 4. The van der Waals surface area contributed by atoms with Crippen LogP contribution in [0.3, 0.4) is 0 Å². The first kappa shape index (κ1) is 19.3. The highest BCUT2D eigenvalue weighted by Crippen LogP contribution is 2.20. The minimum atomic E-state index is -1.05. The Morgan fingerprint density at radius 2 is 1.08 bits per heavy atom. The van der Waals surface area contributed by atoms with Gasteiger partial charge in [-0.25, -0.2) is 9.59 Å². The van der Waals surface area contributed by atoms with E-state index in [1.807, 2.05) is 26.0 Å². The van der Waals surface area contributed by atoms with Crippen LogP contribution in [0.15, 0.2) is 48.5 Å². The van der Waals surface area contributed by atoms with Crippen molar-refractivity contribution in [1.29, 1.82) is 0 Å². The quantitative estimate of drug-likeness (QED) is 0.533. The number of esters is 2. The topological polar surface area (TPSA) is 71.1 Å². The van der Waals surface area contributed by atoms with Crippen molar-refractivity contribution in [3.8, 4) is 11.5 Å². The van der Waals surface area contributed by atoms with Crippen LogP contribution >= 0.6 is 0 Å². The molecule has 6 nitrogen and oxygen atoms in total. The Kier molecular flexibility index (Phi) is 7.49. The molecule has 0 radical (unpaired) electrons. The van der Waals surface area contributed by atoms with E-state index in [0.717, 1.165) is 0 Å². The van der Waals surface area contributed by atoms with E-state index in [4.69, 9.17) is 18.9 Å². The molecule has 0 aliphatic heterocycles. The molecule has 0 aliphatic carbocycles. The van der Waals surface area contributed by atoms with Gasteiger partial charge in [0.15, 0.2) is 0 Å². The Morgan fingerprint density at radius 3 is 1.46 bits per heavy atom. The highest BCUT2D eigenvalue weighted by atomic mass is 16.6. The Balaban J connectivity index is 1.88. The molecule has 0 atom stereocenters. The molecule has 2 rings (SSSR count). The van der Waals surface area contributed by atoms with Crippen LogP contribution < -0.4 is 9.47 Å². The van der Waals surface area contributed by atoms with Gasteiger partial charge in [0.2, 0.25) is 0 Å².